The maximum atomic E-state index is 15.4. The van der Waals surface area contributed by atoms with Crippen molar-refractivity contribution in [3.63, 3.8) is 0 Å². The Morgan fingerprint density at radius 3 is 2.43 bits per heavy atom. The van der Waals surface area contributed by atoms with Crippen LogP contribution in [-0.4, -0.2) is 130 Å². The molecule has 2 N–H and O–H groups in total. The van der Waals surface area contributed by atoms with Crippen molar-refractivity contribution in [3.05, 3.63) is 76.5 Å². The molecular weight excluding hydrogens is 765 g/mol. The predicted molar refractivity (Wildman–Crippen MR) is 225 cm³/mol. The van der Waals surface area contributed by atoms with Crippen LogP contribution in [0.1, 0.15) is 68.8 Å². The molecule has 0 amide bonds. The molecule has 3 aromatic rings. The van der Waals surface area contributed by atoms with Crippen molar-refractivity contribution in [1.29, 1.82) is 0 Å². The quantitative estimate of drug-likeness (QED) is 0.183. The van der Waals surface area contributed by atoms with Gasteiger partial charge in [-0.05, 0) is 80.0 Å². The normalized spacial score (nSPS) is 33.9. The summed E-state index contributed by atoms with van der Waals surface area (Å²) in [5, 5.41) is 14.3. The minimum atomic E-state index is -2.29. The minimum absolute atomic E-state index is 0.00646. The first-order valence-electron chi connectivity index (χ1n) is 21.4. The maximum Gasteiger partial charge on any atom is 0.344 e. The van der Waals surface area contributed by atoms with Gasteiger partial charge in [0, 0.05) is 90.9 Å². The summed E-state index contributed by atoms with van der Waals surface area (Å²) >= 11 is 0. The number of nitrogens with one attached hydrogen (secondary N) is 1. The molecule has 9 rings (SSSR count). The van der Waals surface area contributed by atoms with Crippen molar-refractivity contribution >= 4 is 34.5 Å². The molecule has 6 aliphatic rings. The Labute approximate surface area is 351 Å². The van der Waals surface area contributed by atoms with E-state index >= 15 is 4.79 Å². The van der Waals surface area contributed by atoms with Crippen molar-refractivity contribution in [2.45, 2.75) is 87.5 Å². The highest BCUT2D eigenvalue weighted by Gasteiger charge is 2.80. The van der Waals surface area contributed by atoms with Gasteiger partial charge in [-0.1, -0.05) is 37.6 Å². The van der Waals surface area contributed by atoms with Gasteiger partial charge in [-0.15, -0.1) is 0 Å². The summed E-state index contributed by atoms with van der Waals surface area (Å²) in [6, 6.07) is 8.87. The number of carbonyl (C=O) groups excluding carboxylic acids is 3. The Morgan fingerprint density at radius 1 is 0.967 bits per heavy atom. The van der Waals surface area contributed by atoms with E-state index in [0.717, 1.165) is 65.2 Å². The van der Waals surface area contributed by atoms with E-state index in [-0.39, 0.29) is 12.0 Å². The van der Waals surface area contributed by atoms with E-state index in [2.05, 4.69) is 46.0 Å². The Hall–Kier alpha value is -4.85. The lowest BCUT2D eigenvalue weighted by molar-refractivity contribution is -0.228. The number of methoxy groups -OCH3 is 4. The largest absolute Gasteiger partial charge is 0.497 e. The standard InChI is InChI=1S/C47H58N4O9/c1-9-28-20-29-24-46(42(53)58-7,38-31(14-18-50(25-28)26-29)32-21-30(56-5)12-13-35(32)48-38)34-22-33-36(23-37(34)57-6)49(4)40-45(33)16-19-51-17-11-15-44(10-2,39(45)51)41(60-27(3)52)47(40,55)43(54)59-8/h11-13,15,20-23,29,39-41,48,55H,9-10,14,16-19,24-26H2,1-8H3/t29-,39+,40-,41-,44-,45-,46+,47+/m1/s1. The van der Waals surface area contributed by atoms with Gasteiger partial charge in [0.15, 0.2) is 6.10 Å². The van der Waals surface area contributed by atoms with Crippen molar-refractivity contribution in [3.8, 4) is 11.5 Å². The number of H-pyrrole nitrogens is 1. The molecular formula is C47H58N4O9. The van der Waals surface area contributed by atoms with Crippen molar-refractivity contribution < 1.29 is 43.2 Å². The highest BCUT2D eigenvalue weighted by atomic mass is 16.6. The topological polar surface area (TPSA) is 143 Å². The lowest BCUT2D eigenvalue weighted by Gasteiger charge is -2.63. The number of nitrogens with zero attached hydrogens (tertiary/aromatic N) is 3. The highest BCUT2D eigenvalue weighted by Crippen LogP contribution is 2.68. The van der Waals surface area contributed by atoms with Gasteiger partial charge in [0.25, 0.3) is 0 Å². The summed E-state index contributed by atoms with van der Waals surface area (Å²) < 4.78 is 29.8. The van der Waals surface area contributed by atoms with Gasteiger partial charge >= 0.3 is 17.9 Å². The molecule has 60 heavy (non-hydrogen) atoms. The number of aromatic amines is 1. The van der Waals surface area contributed by atoms with Gasteiger partial charge in [-0.2, -0.15) is 0 Å². The van der Waals surface area contributed by atoms with Crippen LogP contribution in [0.2, 0.25) is 0 Å². The number of fused-ring (bicyclic) bond motifs is 6. The van der Waals surface area contributed by atoms with Crippen LogP contribution in [0.3, 0.4) is 0 Å². The molecule has 1 saturated carbocycles. The van der Waals surface area contributed by atoms with Crippen molar-refractivity contribution in [2.75, 3.05) is 73.1 Å². The summed E-state index contributed by atoms with van der Waals surface area (Å²) in [5.74, 6) is -0.677. The first-order chi connectivity index (χ1) is 28.8. The van der Waals surface area contributed by atoms with Crippen LogP contribution < -0.4 is 14.4 Å². The minimum Gasteiger partial charge on any atom is -0.497 e. The van der Waals surface area contributed by atoms with Gasteiger partial charge in [-0.25, -0.2) is 4.79 Å². The van der Waals surface area contributed by atoms with Crippen LogP contribution in [0, 0.1) is 11.3 Å². The van der Waals surface area contributed by atoms with Crippen molar-refractivity contribution in [1.82, 2.24) is 14.8 Å². The number of hydrogen-bond donors (Lipinski definition) is 2. The lowest BCUT2D eigenvalue weighted by atomic mass is 9.47. The molecule has 2 bridgehead atoms. The molecule has 6 heterocycles. The number of anilines is 1. The highest BCUT2D eigenvalue weighted by molar-refractivity contribution is 5.95. The molecule has 13 nitrogen and oxygen atoms in total. The van der Waals surface area contributed by atoms with E-state index in [4.69, 9.17) is 23.7 Å². The van der Waals surface area contributed by atoms with Crippen molar-refractivity contribution in [2.24, 2.45) is 11.3 Å². The number of rotatable bonds is 8. The molecule has 1 spiro atoms. The number of aliphatic hydroxyl groups is 1. The Morgan fingerprint density at radius 2 is 1.75 bits per heavy atom. The smallest absolute Gasteiger partial charge is 0.344 e. The van der Waals surface area contributed by atoms with Crippen LogP contribution in [0.4, 0.5) is 5.69 Å². The average Bonchev–Trinajstić information content (AvgIpc) is 3.92. The van der Waals surface area contributed by atoms with E-state index in [9.17, 15) is 14.7 Å². The third-order valence-corrected chi connectivity index (χ3v) is 15.4. The second-order valence-corrected chi connectivity index (χ2v) is 17.9. The van der Waals surface area contributed by atoms with Gasteiger partial charge in [0.1, 0.15) is 16.9 Å². The number of ether oxygens (including phenoxy) is 5. The summed E-state index contributed by atoms with van der Waals surface area (Å²) in [5.41, 5.74) is 0.763. The monoisotopic (exact) mass is 822 g/mol. The van der Waals surface area contributed by atoms with Crippen LogP contribution in [-0.2, 0) is 45.8 Å². The number of carbonyl (C=O) groups is 3. The van der Waals surface area contributed by atoms with E-state index in [1.165, 1.54) is 26.7 Å². The first kappa shape index (κ1) is 40.6. The molecule has 1 aliphatic carbocycles. The summed E-state index contributed by atoms with van der Waals surface area (Å²) in [4.78, 5) is 53.5. The predicted octanol–water partition coefficient (Wildman–Crippen LogP) is 4.80. The fourth-order valence-corrected chi connectivity index (χ4v) is 13.2. The van der Waals surface area contributed by atoms with Crippen LogP contribution in [0.15, 0.2) is 54.1 Å². The van der Waals surface area contributed by atoms with Gasteiger partial charge in [0.05, 0.1) is 34.5 Å². The molecule has 9 atom stereocenters. The molecule has 1 saturated heterocycles. The molecule has 0 radical (unpaired) electrons. The van der Waals surface area contributed by atoms with Crippen LogP contribution in [0.5, 0.6) is 11.5 Å². The van der Waals surface area contributed by atoms with E-state index in [0.29, 0.717) is 50.1 Å². The van der Waals surface area contributed by atoms with Crippen LogP contribution >= 0.6 is 0 Å². The molecule has 1 aromatic heterocycles. The molecule has 2 fully saturated rings. The number of aromatic nitrogens is 1. The molecule has 2 aromatic carbocycles. The number of likely N-dealkylation sites (N-methyl/N-ethyl adjacent to an activating group) is 1. The molecule has 1 unspecified atom stereocenters. The zero-order chi connectivity index (χ0) is 42.5. The van der Waals surface area contributed by atoms with E-state index < -0.39 is 51.9 Å². The fourth-order valence-electron chi connectivity index (χ4n) is 13.2. The maximum absolute atomic E-state index is 15.4. The Balaban J connectivity index is 1.38. The van der Waals surface area contributed by atoms with Gasteiger partial charge in [-0.3, -0.25) is 19.4 Å². The average molecular weight is 823 g/mol. The lowest BCUT2D eigenvalue weighted by Crippen LogP contribution is -2.81. The zero-order valence-corrected chi connectivity index (χ0v) is 36.1. The van der Waals surface area contributed by atoms with E-state index in [1.54, 1.807) is 14.2 Å². The van der Waals surface area contributed by atoms with E-state index in [1.807, 2.05) is 43.1 Å². The fraction of sp³-hybridized carbons (Fsp3) is 0.553. The SMILES string of the molecule is CCC1=C[C@H]2CN(CCc3c([nH]c4ccc(OC)cc34)[C@@](C(=O)OC)(c3cc4c(cc3OC)N(C)[C@H]3[C@@](O)(C(=O)OC)[C@H](OC(C)=O)[C@]5(CC)C=CCN6CC[C@]43[C@@H]65)C2)C1. The zero-order valence-electron chi connectivity index (χ0n) is 36.1. The summed E-state index contributed by atoms with van der Waals surface area (Å²) in [6.45, 7) is 9.31. The second kappa shape index (κ2) is 14.4. The Kier molecular flexibility index (Phi) is 9.72. The molecule has 13 heteroatoms. The number of benzene rings is 2. The Bertz CT molecular complexity index is 2340. The number of esters is 3. The van der Waals surface area contributed by atoms with Gasteiger partial charge in [0.2, 0.25) is 5.60 Å². The summed E-state index contributed by atoms with van der Waals surface area (Å²) in [6.07, 6.45) is 8.27. The third kappa shape index (κ3) is 5.24. The summed E-state index contributed by atoms with van der Waals surface area (Å²) in [7, 11) is 7.87. The molecule has 5 aliphatic heterocycles. The number of hydrogen-bond acceptors (Lipinski definition) is 12. The second-order valence-electron chi connectivity index (χ2n) is 17.9. The van der Waals surface area contributed by atoms with Crippen LogP contribution in [0.25, 0.3) is 10.9 Å². The third-order valence-electron chi connectivity index (χ3n) is 15.4. The molecule has 320 valence electrons. The first-order valence-corrected chi connectivity index (χ1v) is 21.4. The van der Waals surface area contributed by atoms with Gasteiger partial charge < -0.3 is 38.7 Å².